The summed E-state index contributed by atoms with van der Waals surface area (Å²) in [5.74, 6) is -5.97. The van der Waals surface area contributed by atoms with Gasteiger partial charge in [0.1, 0.15) is 0 Å². The van der Waals surface area contributed by atoms with E-state index in [1.165, 1.54) is 0 Å². The van der Waals surface area contributed by atoms with Crippen LogP contribution >= 0.6 is 46.4 Å². The van der Waals surface area contributed by atoms with Gasteiger partial charge in [0.25, 0.3) is 0 Å². The number of methoxy groups -OCH3 is 2. The van der Waals surface area contributed by atoms with Crippen LogP contribution in [0.25, 0.3) is 0 Å². The Morgan fingerprint density at radius 3 is 2.04 bits per heavy atom. The molecule has 2 aliphatic rings. The molecule has 0 bridgehead atoms. The second-order valence-electron chi connectivity index (χ2n) is 4.80. The van der Waals surface area contributed by atoms with E-state index in [0.29, 0.717) is 0 Å². The van der Waals surface area contributed by atoms with Gasteiger partial charge in [0.2, 0.25) is 5.76 Å². The van der Waals surface area contributed by atoms with Crippen LogP contribution < -0.4 is 0 Å². The fourth-order valence-corrected chi connectivity index (χ4v) is 3.66. The molecule has 1 aromatic carbocycles. The molecule has 0 aromatic heterocycles. The number of ether oxygens (including phenoxy) is 4. The zero-order valence-electron chi connectivity index (χ0n) is 12.4. The Hall–Kier alpha value is -1.67. The van der Waals surface area contributed by atoms with Gasteiger partial charge in [-0.15, -0.1) is 0 Å². The number of esters is 3. The minimum atomic E-state index is -2.34. The summed E-state index contributed by atoms with van der Waals surface area (Å²) < 4.78 is 19.9. The monoisotopic (exact) mass is 426 g/mol. The maximum atomic E-state index is 12.3. The molecule has 0 radical (unpaired) electrons. The van der Waals surface area contributed by atoms with Crippen molar-refractivity contribution >= 4 is 64.3 Å². The Bertz CT molecular complexity index is 892. The van der Waals surface area contributed by atoms with Gasteiger partial charge in [-0.1, -0.05) is 46.4 Å². The Morgan fingerprint density at radius 2 is 1.48 bits per heavy atom. The van der Waals surface area contributed by atoms with Gasteiger partial charge in [-0.05, 0) is 0 Å². The quantitative estimate of drug-likeness (QED) is 0.406. The van der Waals surface area contributed by atoms with Gasteiger partial charge in [0.15, 0.2) is 5.57 Å². The predicted octanol–water partition coefficient (Wildman–Crippen LogP) is 3.25. The molecule has 0 fully saturated rings. The lowest BCUT2D eigenvalue weighted by Gasteiger charge is -2.24. The summed E-state index contributed by atoms with van der Waals surface area (Å²) in [6.45, 7) is 0. The summed E-state index contributed by atoms with van der Waals surface area (Å²) in [6.07, 6.45) is 0. The second kappa shape index (κ2) is 5.95. The molecule has 7 nitrogen and oxygen atoms in total. The minimum Gasteiger partial charge on any atom is -0.489 e. The van der Waals surface area contributed by atoms with E-state index in [0.717, 1.165) is 14.2 Å². The third-order valence-electron chi connectivity index (χ3n) is 3.61. The highest BCUT2D eigenvalue weighted by Gasteiger charge is 2.64. The van der Waals surface area contributed by atoms with Gasteiger partial charge in [0.05, 0.1) is 45.4 Å². The molecule has 2 aliphatic heterocycles. The zero-order valence-corrected chi connectivity index (χ0v) is 15.4. The molecule has 1 aromatic rings. The minimum absolute atomic E-state index is 0.194. The van der Waals surface area contributed by atoms with Gasteiger partial charge >= 0.3 is 23.7 Å². The Labute approximate surface area is 160 Å². The van der Waals surface area contributed by atoms with Crippen molar-refractivity contribution in [1.29, 1.82) is 0 Å². The van der Waals surface area contributed by atoms with E-state index >= 15 is 0 Å². The van der Waals surface area contributed by atoms with Crippen LogP contribution in [0.2, 0.25) is 20.1 Å². The maximum Gasteiger partial charge on any atom is 0.378 e. The van der Waals surface area contributed by atoms with E-state index in [-0.39, 0.29) is 31.2 Å². The molecule has 2 heterocycles. The van der Waals surface area contributed by atoms with Gasteiger partial charge in [-0.25, -0.2) is 14.4 Å². The Kier molecular flexibility index (Phi) is 4.31. The first-order valence-electron chi connectivity index (χ1n) is 6.41. The van der Waals surface area contributed by atoms with Gasteiger partial charge in [-0.3, -0.25) is 0 Å². The lowest BCUT2D eigenvalue weighted by Crippen LogP contribution is -2.33. The number of hydrogen-bond donors (Lipinski definition) is 0. The van der Waals surface area contributed by atoms with E-state index in [4.69, 9.17) is 60.6 Å². The predicted molar refractivity (Wildman–Crippen MR) is 85.7 cm³/mol. The summed E-state index contributed by atoms with van der Waals surface area (Å²) in [5.41, 5.74) is -1.03. The van der Waals surface area contributed by atoms with Gasteiger partial charge in [0, 0.05) is 0 Å². The highest BCUT2D eigenvalue weighted by atomic mass is 35.5. The first-order valence-corrected chi connectivity index (χ1v) is 7.92. The molecule has 11 heteroatoms. The molecule has 3 rings (SSSR count). The molecule has 0 N–H and O–H groups in total. The molecule has 1 atom stereocenters. The van der Waals surface area contributed by atoms with Crippen molar-refractivity contribution in [3.63, 3.8) is 0 Å². The molecular weight excluding hydrogens is 422 g/mol. The average molecular weight is 428 g/mol. The number of carbonyl (C=O) groups is 3. The molecule has 0 saturated heterocycles. The normalized spacial score (nSPS) is 21.4. The first kappa shape index (κ1) is 18.1. The fourth-order valence-electron chi connectivity index (χ4n) is 2.61. The van der Waals surface area contributed by atoms with E-state index in [1.54, 1.807) is 0 Å². The van der Waals surface area contributed by atoms with Crippen molar-refractivity contribution in [2.45, 2.75) is 5.79 Å². The molecule has 132 valence electrons. The number of rotatable bonds is 2. The van der Waals surface area contributed by atoms with E-state index in [1.807, 2.05) is 0 Å². The number of fused-ring (bicyclic) bond motifs is 2. The van der Waals surface area contributed by atoms with Crippen LogP contribution in [-0.2, 0) is 34.3 Å². The standard InChI is InChI=1S/C14H6Cl4O7/c1-22-10-5(12(20)23-2)14(25-13(10)21)4-3(11(19)24-14)6(15)8(17)9(18)7(4)16/h1-2H3. The molecular formula is C14H6Cl4O7. The van der Waals surface area contributed by atoms with Gasteiger partial charge < -0.3 is 18.9 Å². The first-order chi connectivity index (χ1) is 11.7. The zero-order chi connectivity index (χ0) is 18.7. The van der Waals surface area contributed by atoms with Gasteiger partial charge in [-0.2, -0.15) is 0 Å². The summed E-state index contributed by atoms with van der Waals surface area (Å²) in [5, 5.41) is -0.945. The van der Waals surface area contributed by atoms with Crippen molar-refractivity contribution in [2.24, 2.45) is 0 Å². The van der Waals surface area contributed by atoms with Crippen LogP contribution in [0, 0.1) is 0 Å². The average Bonchev–Trinajstić information content (AvgIpc) is 3.02. The van der Waals surface area contributed by atoms with Crippen LogP contribution in [-0.4, -0.2) is 32.1 Å². The lowest BCUT2D eigenvalue weighted by molar-refractivity contribution is -0.185. The van der Waals surface area contributed by atoms with Crippen molar-refractivity contribution < 1.29 is 33.3 Å². The summed E-state index contributed by atoms with van der Waals surface area (Å²) in [7, 11) is 2.18. The van der Waals surface area contributed by atoms with E-state index < -0.39 is 35.0 Å². The number of benzene rings is 1. The Balaban J connectivity index is 2.43. The summed E-state index contributed by atoms with van der Waals surface area (Å²) in [4.78, 5) is 36.7. The number of halogens is 4. The van der Waals surface area contributed by atoms with Crippen molar-refractivity contribution in [1.82, 2.24) is 0 Å². The van der Waals surface area contributed by atoms with Crippen LogP contribution in [0.15, 0.2) is 11.3 Å². The second-order valence-corrected chi connectivity index (χ2v) is 6.31. The maximum absolute atomic E-state index is 12.3. The Morgan fingerprint density at radius 1 is 0.920 bits per heavy atom. The molecule has 0 amide bonds. The van der Waals surface area contributed by atoms with Crippen LogP contribution in [0.3, 0.4) is 0 Å². The topological polar surface area (TPSA) is 88.1 Å². The van der Waals surface area contributed by atoms with Crippen LogP contribution in [0.4, 0.5) is 0 Å². The molecule has 1 spiro atoms. The molecule has 0 aliphatic carbocycles. The molecule has 25 heavy (non-hydrogen) atoms. The smallest absolute Gasteiger partial charge is 0.378 e. The van der Waals surface area contributed by atoms with Crippen LogP contribution in [0.1, 0.15) is 15.9 Å². The van der Waals surface area contributed by atoms with E-state index in [2.05, 4.69) is 4.74 Å². The van der Waals surface area contributed by atoms with Crippen molar-refractivity contribution in [3.8, 4) is 0 Å². The molecule has 1 unspecified atom stereocenters. The third-order valence-corrected chi connectivity index (χ3v) is 5.41. The lowest BCUT2D eigenvalue weighted by atomic mass is 9.95. The highest BCUT2D eigenvalue weighted by molar-refractivity contribution is 6.53. The fraction of sp³-hybridized carbons (Fsp3) is 0.214. The van der Waals surface area contributed by atoms with E-state index in [9.17, 15) is 14.4 Å². The summed E-state index contributed by atoms with van der Waals surface area (Å²) >= 11 is 24.2. The number of hydrogen-bond acceptors (Lipinski definition) is 7. The summed E-state index contributed by atoms with van der Waals surface area (Å²) in [6, 6.07) is 0. The van der Waals surface area contributed by atoms with Crippen LogP contribution in [0.5, 0.6) is 0 Å². The third kappa shape index (κ3) is 2.23. The SMILES string of the molecule is COC(=O)C1=C(OC)C(=O)OC12OC(=O)c1c(Cl)c(Cl)c(Cl)c(Cl)c12. The largest absolute Gasteiger partial charge is 0.489 e. The van der Waals surface area contributed by atoms with Crippen molar-refractivity contribution in [2.75, 3.05) is 14.2 Å². The molecule has 0 saturated carbocycles. The number of carbonyl (C=O) groups excluding carboxylic acids is 3. The van der Waals surface area contributed by atoms with Crippen molar-refractivity contribution in [3.05, 3.63) is 42.5 Å². The highest BCUT2D eigenvalue weighted by Crippen LogP contribution is 2.56.